The maximum absolute atomic E-state index is 12.2. The smallest absolute Gasteiger partial charge is 0.344 e. The molecule has 1 saturated carbocycles. The fourth-order valence-electron chi connectivity index (χ4n) is 4.53. The standard InChI is InChI=1S/C29H41NO7/c1-3-30-28(34)14-10-5-4-9-13-25-24(18-17-23(32)16-15-22-11-7-6-8-12-22)26(33)19-27(25)37-29(35)20-36-21(2)31/h4,6-9,11-12,17-18,23-27,32-33H,3,5,10,13-16,19-20H2,1-2H3,(H,30,34)/b9-4-,18-17+/t23-,24+,25+,26+,27-/m0/s1. The predicted octanol–water partition coefficient (Wildman–Crippen LogP) is 3.26. The Hall–Kier alpha value is -2.97. The second-order valence-corrected chi connectivity index (χ2v) is 9.38. The van der Waals surface area contributed by atoms with Gasteiger partial charge in [0.05, 0.1) is 12.2 Å². The van der Waals surface area contributed by atoms with Crippen molar-refractivity contribution in [1.29, 1.82) is 0 Å². The van der Waals surface area contributed by atoms with Crippen LogP contribution in [0.5, 0.6) is 0 Å². The first-order valence-corrected chi connectivity index (χ1v) is 13.1. The van der Waals surface area contributed by atoms with Gasteiger partial charge in [0.25, 0.3) is 0 Å². The Morgan fingerprint density at radius 1 is 1.19 bits per heavy atom. The van der Waals surface area contributed by atoms with Gasteiger partial charge in [-0.25, -0.2) is 4.79 Å². The molecule has 1 aliphatic rings. The number of rotatable bonds is 15. The van der Waals surface area contributed by atoms with Crippen LogP contribution in [0.3, 0.4) is 0 Å². The summed E-state index contributed by atoms with van der Waals surface area (Å²) in [5, 5.41) is 24.0. The third-order valence-corrected chi connectivity index (χ3v) is 6.42. The molecular formula is C29H41NO7. The van der Waals surface area contributed by atoms with Crippen LogP contribution in [0.15, 0.2) is 54.6 Å². The Kier molecular flexibility index (Phi) is 13.7. The van der Waals surface area contributed by atoms with E-state index < -0.39 is 36.9 Å². The summed E-state index contributed by atoms with van der Waals surface area (Å²) in [6.07, 6.45) is 9.61. The number of carbonyl (C=O) groups excluding carboxylic acids is 3. The molecule has 0 spiro atoms. The molecule has 0 aliphatic heterocycles. The predicted molar refractivity (Wildman–Crippen MR) is 140 cm³/mol. The van der Waals surface area contributed by atoms with E-state index in [0.29, 0.717) is 25.8 Å². The van der Waals surface area contributed by atoms with Gasteiger partial charge in [-0.3, -0.25) is 9.59 Å². The lowest BCUT2D eigenvalue weighted by molar-refractivity contribution is -0.162. The Morgan fingerprint density at radius 3 is 2.65 bits per heavy atom. The number of carbonyl (C=O) groups is 3. The molecule has 1 aliphatic carbocycles. The van der Waals surface area contributed by atoms with Crippen LogP contribution in [0, 0.1) is 11.8 Å². The van der Waals surface area contributed by atoms with E-state index in [-0.39, 0.29) is 24.2 Å². The van der Waals surface area contributed by atoms with Gasteiger partial charge in [0.2, 0.25) is 5.91 Å². The maximum Gasteiger partial charge on any atom is 0.344 e. The van der Waals surface area contributed by atoms with Gasteiger partial charge >= 0.3 is 11.9 Å². The van der Waals surface area contributed by atoms with E-state index in [4.69, 9.17) is 9.47 Å². The summed E-state index contributed by atoms with van der Waals surface area (Å²) in [6.45, 7) is 3.25. The van der Waals surface area contributed by atoms with E-state index in [2.05, 4.69) is 5.32 Å². The minimum Gasteiger partial charge on any atom is -0.459 e. The van der Waals surface area contributed by atoms with E-state index in [0.717, 1.165) is 24.8 Å². The van der Waals surface area contributed by atoms with Crippen molar-refractivity contribution in [3.05, 3.63) is 60.2 Å². The van der Waals surface area contributed by atoms with Gasteiger partial charge in [0, 0.05) is 38.1 Å². The van der Waals surface area contributed by atoms with Crippen LogP contribution in [0.4, 0.5) is 0 Å². The molecule has 8 nitrogen and oxygen atoms in total. The van der Waals surface area contributed by atoms with E-state index in [1.807, 2.05) is 55.5 Å². The number of ether oxygens (including phenoxy) is 2. The molecule has 5 atom stereocenters. The first-order chi connectivity index (χ1) is 17.8. The average Bonchev–Trinajstić information content (AvgIpc) is 3.16. The normalized spacial score (nSPS) is 22.3. The van der Waals surface area contributed by atoms with Gasteiger partial charge in [-0.15, -0.1) is 0 Å². The quantitative estimate of drug-likeness (QED) is 0.186. The highest BCUT2D eigenvalue weighted by Crippen LogP contribution is 2.38. The van der Waals surface area contributed by atoms with Crippen molar-refractivity contribution >= 4 is 17.8 Å². The fourth-order valence-corrected chi connectivity index (χ4v) is 4.53. The second kappa shape index (κ2) is 16.7. The molecule has 0 bridgehead atoms. The molecule has 0 aromatic heterocycles. The van der Waals surface area contributed by atoms with Gasteiger partial charge < -0.3 is 25.0 Å². The minimum absolute atomic E-state index is 0.0330. The lowest BCUT2D eigenvalue weighted by Gasteiger charge is -2.22. The first-order valence-electron chi connectivity index (χ1n) is 13.1. The van der Waals surface area contributed by atoms with E-state index >= 15 is 0 Å². The van der Waals surface area contributed by atoms with E-state index in [1.165, 1.54) is 6.92 Å². The Bertz CT molecular complexity index is 899. The minimum atomic E-state index is -0.736. The fraction of sp³-hybridized carbons (Fsp3) is 0.552. The van der Waals surface area contributed by atoms with Crippen molar-refractivity contribution < 1.29 is 34.1 Å². The topological polar surface area (TPSA) is 122 Å². The zero-order chi connectivity index (χ0) is 27.0. The van der Waals surface area contributed by atoms with Crippen molar-refractivity contribution in [2.75, 3.05) is 13.2 Å². The first kappa shape index (κ1) is 30.3. The Morgan fingerprint density at radius 2 is 1.95 bits per heavy atom. The molecule has 1 aromatic carbocycles. The zero-order valence-electron chi connectivity index (χ0n) is 21.9. The summed E-state index contributed by atoms with van der Waals surface area (Å²) < 4.78 is 10.3. The van der Waals surface area contributed by atoms with E-state index in [1.54, 1.807) is 6.08 Å². The summed E-state index contributed by atoms with van der Waals surface area (Å²) in [7, 11) is 0. The maximum atomic E-state index is 12.2. The molecule has 1 amide bonds. The molecule has 3 N–H and O–H groups in total. The Balaban J connectivity index is 1.98. The third kappa shape index (κ3) is 11.7. The van der Waals surface area contributed by atoms with Crippen LogP contribution >= 0.6 is 0 Å². The summed E-state index contributed by atoms with van der Waals surface area (Å²) in [5.41, 5.74) is 1.14. The SMILES string of the molecule is CCNC(=O)CCC/C=C\C[C@@H]1[C@@H](/C=C/[C@@H](O)CCc2ccccc2)[C@H](O)C[C@@H]1OC(=O)COC(C)=O. The number of aliphatic hydroxyl groups is 2. The average molecular weight is 516 g/mol. The monoisotopic (exact) mass is 515 g/mol. The largest absolute Gasteiger partial charge is 0.459 e. The number of benzene rings is 1. The van der Waals surface area contributed by atoms with Gasteiger partial charge in [-0.05, 0) is 44.6 Å². The summed E-state index contributed by atoms with van der Waals surface area (Å²) in [5.74, 6) is -1.70. The molecule has 0 unspecified atom stereocenters. The summed E-state index contributed by atoms with van der Waals surface area (Å²) in [4.78, 5) is 34.8. The number of aliphatic hydroxyl groups excluding tert-OH is 2. The molecule has 0 radical (unpaired) electrons. The van der Waals surface area contributed by atoms with Crippen LogP contribution in [-0.4, -0.2) is 59.5 Å². The number of aryl methyl sites for hydroxylation is 1. The molecular weight excluding hydrogens is 474 g/mol. The van der Waals surface area contributed by atoms with Crippen LogP contribution < -0.4 is 5.32 Å². The molecule has 1 aromatic rings. The number of hydrogen-bond donors (Lipinski definition) is 3. The van der Waals surface area contributed by atoms with Crippen molar-refractivity contribution in [1.82, 2.24) is 5.32 Å². The van der Waals surface area contributed by atoms with Crippen LogP contribution in [0.1, 0.15) is 57.9 Å². The van der Waals surface area contributed by atoms with Crippen molar-refractivity contribution in [3.8, 4) is 0 Å². The molecule has 1 fully saturated rings. The van der Waals surface area contributed by atoms with Crippen molar-refractivity contribution in [3.63, 3.8) is 0 Å². The lowest BCUT2D eigenvalue weighted by Crippen LogP contribution is -2.27. The highest BCUT2D eigenvalue weighted by atomic mass is 16.6. The lowest BCUT2D eigenvalue weighted by atomic mass is 9.89. The van der Waals surface area contributed by atoms with Gasteiger partial charge in [-0.1, -0.05) is 54.6 Å². The van der Waals surface area contributed by atoms with Gasteiger partial charge in [0.15, 0.2) is 6.61 Å². The molecule has 204 valence electrons. The highest BCUT2D eigenvalue weighted by Gasteiger charge is 2.42. The number of esters is 2. The van der Waals surface area contributed by atoms with Gasteiger partial charge in [0.1, 0.15) is 6.10 Å². The molecule has 2 rings (SSSR count). The Labute approximate surface area is 219 Å². The van der Waals surface area contributed by atoms with Crippen LogP contribution in [-0.2, 0) is 30.3 Å². The number of amides is 1. The third-order valence-electron chi connectivity index (χ3n) is 6.42. The van der Waals surface area contributed by atoms with Crippen molar-refractivity contribution in [2.24, 2.45) is 11.8 Å². The highest BCUT2D eigenvalue weighted by molar-refractivity contribution is 5.76. The second-order valence-electron chi connectivity index (χ2n) is 9.38. The molecule has 37 heavy (non-hydrogen) atoms. The van der Waals surface area contributed by atoms with Crippen LogP contribution in [0.25, 0.3) is 0 Å². The molecule has 0 saturated heterocycles. The van der Waals surface area contributed by atoms with Crippen molar-refractivity contribution in [2.45, 2.75) is 77.1 Å². The number of hydrogen-bond acceptors (Lipinski definition) is 7. The molecule has 8 heteroatoms. The zero-order valence-corrected chi connectivity index (χ0v) is 21.9. The summed E-state index contributed by atoms with van der Waals surface area (Å²) in [6, 6.07) is 9.92. The number of nitrogens with one attached hydrogen (secondary N) is 1. The van der Waals surface area contributed by atoms with E-state index in [9.17, 15) is 24.6 Å². The number of unbranched alkanes of at least 4 members (excludes halogenated alkanes) is 1. The molecule has 0 heterocycles. The summed E-state index contributed by atoms with van der Waals surface area (Å²) >= 11 is 0. The van der Waals surface area contributed by atoms with Crippen LogP contribution in [0.2, 0.25) is 0 Å². The number of allylic oxidation sites excluding steroid dienone is 2. The van der Waals surface area contributed by atoms with Gasteiger partial charge in [-0.2, -0.15) is 0 Å².